The number of pyridine rings is 1. The van der Waals surface area contributed by atoms with Crippen LogP contribution in [0.15, 0.2) is 170 Å². The van der Waals surface area contributed by atoms with Gasteiger partial charge in [0.25, 0.3) is 0 Å². The molecule has 4 aromatic rings. The Labute approximate surface area is 270 Å². The van der Waals surface area contributed by atoms with E-state index in [-0.39, 0.29) is 11.8 Å². The van der Waals surface area contributed by atoms with Gasteiger partial charge in [-0.25, -0.2) is 0 Å². The van der Waals surface area contributed by atoms with Crippen LogP contribution in [-0.4, -0.2) is 4.98 Å². The van der Waals surface area contributed by atoms with Crippen molar-refractivity contribution in [2.24, 2.45) is 23.7 Å². The van der Waals surface area contributed by atoms with Gasteiger partial charge >= 0.3 is 0 Å². The number of fused-ring (bicyclic) bond motifs is 4. The smallest absolute Gasteiger partial charge is 0.0674 e. The first-order chi connectivity index (χ1) is 22.8. The molecule has 0 fully saturated rings. The van der Waals surface area contributed by atoms with E-state index in [2.05, 4.69) is 158 Å². The van der Waals surface area contributed by atoms with E-state index in [0.717, 1.165) is 18.5 Å². The van der Waals surface area contributed by atoms with Crippen LogP contribution in [0.25, 0.3) is 33.1 Å². The van der Waals surface area contributed by atoms with E-state index in [9.17, 15) is 0 Å². The number of aromatic nitrogens is 1. The highest BCUT2D eigenvalue weighted by Crippen LogP contribution is 2.44. The predicted molar refractivity (Wildman–Crippen MR) is 193 cm³/mol. The molecule has 0 aliphatic heterocycles. The van der Waals surface area contributed by atoms with Gasteiger partial charge in [-0.1, -0.05) is 146 Å². The van der Waals surface area contributed by atoms with Crippen molar-refractivity contribution in [3.05, 3.63) is 197 Å². The van der Waals surface area contributed by atoms with E-state index in [1.807, 2.05) is 6.20 Å². The average Bonchev–Trinajstić information content (AvgIpc) is 3.13. The SMILES string of the molecule is C1=CC2C=CC=C(c3cc(C4=CCCC(C5=c6ccccc6=C(c6cccc7ccccc67)C6C=CC=CC56)=C4)ccn3)C2C=C1. The molecule has 4 unspecified atom stereocenters. The van der Waals surface area contributed by atoms with Gasteiger partial charge in [-0.05, 0) is 85.2 Å². The van der Waals surface area contributed by atoms with E-state index < -0.39 is 0 Å². The number of hydrogen-bond donors (Lipinski definition) is 0. The number of nitrogens with zero attached hydrogens (tertiary/aromatic N) is 1. The van der Waals surface area contributed by atoms with Crippen LogP contribution in [0.2, 0.25) is 0 Å². The van der Waals surface area contributed by atoms with Crippen LogP contribution < -0.4 is 10.4 Å². The Bertz CT molecular complexity index is 2270. The highest BCUT2D eigenvalue weighted by atomic mass is 14.7. The summed E-state index contributed by atoms with van der Waals surface area (Å²) >= 11 is 0. The first kappa shape index (κ1) is 27.1. The second-order valence-corrected chi connectivity index (χ2v) is 12.9. The molecule has 0 spiro atoms. The summed E-state index contributed by atoms with van der Waals surface area (Å²) in [5, 5.41) is 5.35. The van der Waals surface area contributed by atoms with Crippen LogP contribution in [0, 0.1) is 23.7 Å². The summed E-state index contributed by atoms with van der Waals surface area (Å²) in [6.45, 7) is 0. The molecule has 1 heteroatoms. The largest absolute Gasteiger partial charge is 0.257 e. The van der Waals surface area contributed by atoms with Crippen LogP contribution in [0.3, 0.4) is 0 Å². The molecule has 220 valence electrons. The average molecular weight is 590 g/mol. The standard InChI is InChI=1S/C45H35N/c1-3-18-35-30(12-1)14-10-24-37(35)43-29-33(26-27-46-43)32-16-9-17-34(28-32)44-39-20-5-7-22-41(39)45(42-23-8-6-21-40(42)44)38-25-11-15-31-13-2-4-19-36(31)38/h1-8,10-16,18-30,35,39,41H,9,17H2. The lowest BCUT2D eigenvalue weighted by Crippen LogP contribution is -2.40. The van der Waals surface area contributed by atoms with Crippen molar-refractivity contribution < 1.29 is 0 Å². The van der Waals surface area contributed by atoms with E-state index >= 15 is 0 Å². The lowest BCUT2D eigenvalue weighted by atomic mass is 9.68. The maximum atomic E-state index is 4.87. The van der Waals surface area contributed by atoms with Gasteiger partial charge in [0.05, 0.1) is 5.69 Å². The minimum absolute atomic E-state index is 0.278. The normalized spacial score (nSPS) is 24.2. The molecule has 0 radical (unpaired) electrons. The molecular formula is C45H35N. The van der Waals surface area contributed by atoms with Crippen molar-refractivity contribution in [1.82, 2.24) is 4.98 Å². The Morgan fingerprint density at radius 3 is 2.24 bits per heavy atom. The predicted octanol–water partition coefficient (Wildman–Crippen LogP) is 9.07. The second kappa shape index (κ2) is 11.3. The summed E-state index contributed by atoms with van der Waals surface area (Å²) < 4.78 is 0. The molecule has 3 aromatic carbocycles. The zero-order valence-corrected chi connectivity index (χ0v) is 25.8. The maximum absolute atomic E-state index is 4.87. The molecule has 1 nitrogen and oxygen atoms in total. The second-order valence-electron chi connectivity index (χ2n) is 12.9. The van der Waals surface area contributed by atoms with Crippen molar-refractivity contribution in [2.45, 2.75) is 12.8 Å². The summed E-state index contributed by atoms with van der Waals surface area (Å²) in [6.07, 6.45) is 34.0. The summed E-state index contributed by atoms with van der Waals surface area (Å²) in [7, 11) is 0. The van der Waals surface area contributed by atoms with E-state index in [1.54, 1.807) is 0 Å². The molecule has 5 aliphatic rings. The summed E-state index contributed by atoms with van der Waals surface area (Å²) in [5.74, 6) is 1.31. The van der Waals surface area contributed by atoms with Gasteiger partial charge in [0.1, 0.15) is 0 Å². The molecule has 46 heavy (non-hydrogen) atoms. The van der Waals surface area contributed by atoms with Crippen molar-refractivity contribution >= 4 is 33.1 Å². The molecule has 0 amide bonds. The zero-order valence-electron chi connectivity index (χ0n) is 25.8. The third-order valence-corrected chi connectivity index (χ3v) is 10.4. The molecule has 0 N–H and O–H groups in total. The van der Waals surface area contributed by atoms with Gasteiger partial charge in [-0.15, -0.1) is 0 Å². The zero-order chi connectivity index (χ0) is 30.5. The summed E-state index contributed by atoms with van der Waals surface area (Å²) in [4.78, 5) is 4.87. The number of allylic oxidation sites excluding steroid dienone is 16. The van der Waals surface area contributed by atoms with Gasteiger partial charge in [0.2, 0.25) is 0 Å². The third-order valence-electron chi connectivity index (χ3n) is 10.4. The van der Waals surface area contributed by atoms with Crippen LogP contribution >= 0.6 is 0 Å². The molecule has 4 atom stereocenters. The first-order valence-electron chi connectivity index (χ1n) is 16.6. The fourth-order valence-corrected chi connectivity index (χ4v) is 8.30. The molecule has 5 aliphatic carbocycles. The van der Waals surface area contributed by atoms with E-state index in [0.29, 0.717) is 11.8 Å². The highest BCUT2D eigenvalue weighted by Gasteiger charge is 2.33. The quantitative estimate of drug-likeness (QED) is 0.231. The molecule has 0 bridgehead atoms. The Balaban J connectivity index is 1.19. The number of rotatable bonds is 4. The minimum Gasteiger partial charge on any atom is -0.257 e. The summed E-state index contributed by atoms with van der Waals surface area (Å²) in [5.41, 5.74) is 10.6. The van der Waals surface area contributed by atoms with Crippen LogP contribution in [0.1, 0.15) is 29.7 Å². The van der Waals surface area contributed by atoms with Crippen molar-refractivity contribution in [2.75, 3.05) is 0 Å². The molecule has 1 heterocycles. The Kier molecular flexibility index (Phi) is 6.63. The lowest BCUT2D eigenvalue weighted by Gasteiger charge is -2.35. The monoisotopic (exact) mass is 589 g/mol. The van der Waals surface area contributed by atoms with Gasteiger partial charge < -0.3 is 0 Å². The van der Waals surface area contributed by atoms with Crippen LogP contribution in [0.5, 0.6) is 0 Å². The number of benzene rings is 3. The topological polar surface area (TPSA) is 12.9 Å². The van der Waals surface area contributed by atoms with Crippen LogP contribution in [0.4, 0.5) is 0 Å². The van der Waals surface area contributed by atoms with Crippen molar-refractivity contribution in [1.29, 1.82) is 0 Å². The Morgan fingerprint density at radius 1 is 0.630 bits per heavy atom. The Hall–Kier alpha value is -5.27. The third kappa shape index (κ3) is 4.50. The van der Waals surface area contributed by atoms with Crippen molar-refractivity contribution in [3.8, 4) is 0 Å². The molecule has 9 rings (SSSR count). The maximum Gasteiger partial charge on any atom is 0.0674 e. The Morgan fingerprint density at radius 2 is 1.35 bits per heavy atom. The van der Waals surface area contributed by atoms with Gasteiger partial charge in [0.15, 0.2) is 0 Å². The highest BCUT2D eigenvalue weighted by molar-refractivity contribution is 5.96. The van der Waals surface area contributed by atoms with E-state index in [1.165, 1.54) is 60.2 Å². The van der Waals surface area contributed by atoms with Crippen LogP contribution in [-0.2, 0) is 0 Å². The fraction of sp³-hybridized carbons (Fsp3) is 0.133. The fourth-order valence-electron chi connectivity index (χ4n) is 8.30. The van der Waals surface area contributed by atoms with Gasteiger partial charge in [-0.2, -0.15) is 0 Å². The first-order valence-corrected chi connectivity index (χ1v) is 16.6. The lowest BCUT2D eigenvalue weighted by molar-refractivity contribution is 0.675. The van der Waals surface area contributed by atoms with E-state index in [4.69, 9.17) is 4.98 Å². The molecular weight excluding hydrogens is 555 g/mol. The molecule has 1 aromatic heterocycles. The van der Waals surface area contributed by atoms with Gasteiger partial charge in [0, 0.05) is 29.9 Å². The molecule has 0 saturated heterocycles. The van der Waals surface area contributed by atoms with Gasteiger partial charge in [-0.3, -0.25) is 4.98 Å². The minimum atomic E-state index is 0.278. The molecule has 0 saturated carbocycles. The van der Waals surface area contributed by atoms with Crippen molar-refractivity contribution in [3.63, 3.8) is 0 Å². The number of hydrogen-bond acceptors (Lipinski definition) is 1. The summed E-state index contributed by atoms with van der Waals surface area (Å²) in [6, 6.07) is 29.2.